The Hall–Kier alpha value is -1.68. The van der Waals surface area contributed by atoms with Crippen LogP contribution in [0, 0.1) is 6.92 Å². The van der Waals surface area contributed by atoms with E-state index in [2.05, 4.69) is 31.2 Å². The summed E-state index contributed by atoms with van der Waals surface area (Å²) >= 11 is 14.2. The summed E-state index contributed by atoms with van der Waals surface area (Å²) in [5.74, 6) is 0.614. The van der Waals surface area contributed by atoms with Gasteiger partial charge in [-0.3, -0.25) is 4.79 Å². The number of rotatable bonds is 6. The van der Waals surface area contributed by atoms with Crippen molar-refractivity contribution in [3.63, 3.8) is 0 Å². The minimum atomic E-state index is -0.188. The molecule has 0 aliphatic carbocycles. The van der Waals surface area contributed by atoms with Gasteiger partial charge in [-0.05, 0) is 37.1 Å². The van der Waals surface area contributed by atoms with E-state index in [0.29, 0.717) is 17.3 Å². The molecule has 0 aliphatic rings. The van der Waals surface area contributed by atoms with E-state index in [4.69, 9.17) is 23.2 Å². The van der Waals surface area contributed by atoms with E-state index in [9.17, 15) is 4.79 Å². The first-order chi connectivity index (χ1) is 12.5. The van der Waals surface area contributed by atoms with Gasteiger partial charge in [-0.15, -0.1) is 11.8 Å². The molecule has 3 aromatic rings. The van der Waals surface area contributed by atoms with E-state index in [1.165, 1.54) is 11.1 Å². The van der Waals surface area contributed by atoms with Crippen molar-refractivity contribution in [3.05, 3.63) is 97.9 Å². The first-order valence-electron chi connectivity index (χ1n) is 8.35. The zero-order valence-corrected chi connectivity index (χ0v) is 16.7. The van der Waals surface area contributed by atoms with Gasteiger partial charge >= 0.3 is 0 Å². The standard InChI is InChI=1S/C21H19Cl2NOS/c1-15-7-9-16(10-8-15)11-12-24-20(18(22)13-19(23)21(24)25)14-26-17-5-3-2-4-6-17/h2-10,13H,11-12,14H2,1H3. The first kappa shape index (κ1) is 19.1. The number of benzene rings is 2. The fraction of sp³-hybridized carbons (Fsp3) is 0.190. The van der Waals surface area contributed by atoms with Gasteiger partial charge in [-0.25, -0.2) is 0 Å². The number of halogens is 2. The highest BCUT2D eigenvalue weighted by molar-refractivity contribution is 7.98. The molecular weight excluding hydrogens is 385 g/mol. The molecular formula is C21H19Cl2NOS. The fourth-order valence-corrected chi connectivity index (χ4v) is 4.27. The summed E-state index contributed by atoms with van der Waals surface area (Å²) in [5.41, 5.74) is 3.02. The number of thioether (sulfide) groups is 1. The Morgan fingerprint density at radius 3 is 2.35 bits per heavy atom. The van der Waals surface area contributed by atoms with Crippen molar-refractivity contribution in [1.82, 2.24) is 4.57 Å². The molecule has 0 fully saturated rings. The van der Waals surface area contributed by atoms with Crippen LogP contribution < -0.4 is 5.56 Å². The monoisotopic (exact) mass is 403 g/mol. The van der Waals surface area contributed by atoms with E-state index < -0.39 is 0 Å². The molecule has 5 heteroatoms. The van der Waals surface area contributed by atoms with Crippen molar-refractivity contribution < 1.29 is 0 Å². The van der Waals surface area contributed by atoms with Gasteiger partial charge < -0.3 is 4.57 Å². The first-order valence-corrected chi connectivity index (χ1v) is 10.1. The van der Waals surface area contributed by atoms with Crippen LogP contribution >= 0.6 is 35.0 Å². The van der Waals surface area contributed by atoms with Crippen molar-refractivity contribution in [2.45, 2.75) is 30.5 Å². The molecule has 0 amide bonds. The van der Waals surface area contributed by atoms with Crippen LogP contribution in [-0.4, -0.2) is 4.57 Å². The maximum atomic E-state index is 12.6. The number of aromatic nitrogens is 1. The summed E-state index contributed by atoms with van der Waals surface area (Å²) in [4.78, 5) is 13.7. The van der Waals surface area contributed by atoms with Crippen LogP contribution in [0.25, 0.3) is 0 Å². The number of hydrogen-bond donors (Lipinski definition) is 0. The zero-order valence-electron chi connectivity index (χ0n) is 14.4. The third-order valence-electron chi connectivity index (χ3n) is 4.17. The van der Waals surface area contributed by atoms with Crippen molar-refractivity contribution in [1.29, 1.82) is 0 Å². The molecule has 0 N–H and O–H groups in total. The number of aryl methyl sites for hydroxylation is 2. The highest BCUT2D eigenvalue weighted by Gasteiger charge is 2.13. The molecule has 0 radical (unpaired) electrons. The Balaban J connectivity index is 1.84. The smallest absolute Gasteiger partial charge is 0.269 e. The molecule has 0 atom stereocenters. The van der Waals surface area contributed by atoms with Gasteiger partial charge in [-0.2, -0.15) is 0 Å². The molecule has 0 unspecified atom stereocenters. The SMILES string of the molecule is Cc1ccc(CCn2c(CSc3ccccc3)c(Cl)cc(Cl)c2=O)cc1. The Labute approximate surface area is 167 Å². The summed E-state index contributed by atoms with van der Waals surface area (Å²) in [6.45, 7) is 2.61. The molecule has 0 spiro atoms. The Morgan fingerprint density at radius 1 is 0.962 bits per heavy atom. The van der Waals surface area contributed by atoms with Gasteiger partial charge in [0.1, 0.15) is 5.02 Å². The largest absolute Gasteiger partial charge is 0.309 e. The van der Waals surface area contributed by atoms with Gasteiger partial charge in [0.15, 0.2) is 0 Å². The molecule has 0 saturated heterocycles. The van der Waals surface area contributed by atoms with Crippen LogP contribution in [0.3, 0.4) is 0 Å². The van der Waals surface area contributed by atoms with E-state index in [-0.39, 0.29) is 10.6 Å². The molecule has 134 valence electrons. The lowest BCUT2D eigenvalue weighted by Crippen LogP contribution is -2.25. The van der Waals surface area contributed by atoms with Crippen molar-refractivity contribution in [2.24, 2.45) is 0 Å². The molecule has 0 saturated carbocycles. The van der Waals surface area contributed by atoms with Crippen LogP contribution in [0.4, 0.5) is 0 Å². The summed E-state index contributed by atoms with van der Waals surface area (Å²) in [6, 6.07) is 19.9. The zero-order chi connectivity index (χ0) is 18.5. The lowest BCUT2D eigenvalue weighted by Gasteiger charge is -2.15. The molecule has 2 nitrogen and oxygen atoms in total. The molecule has 0 aliphatic heterocycles. The van der Waals surface area contributed by atoms with Crippen molar-refractivity contribution in [3.8, 4) is 0 Å². The lowest BCUT2D eigenvalue weighted by atomic mass is 10.1. The minimum absolute atomic E-state index is 0.160. The summed E-state index contributed by atoms with van der Waals surface area (Å²) in [6.07, 6.45) is 0.750. The van der Waals surface area contributed by atoms with Crippen molar-refractivity contribution in [2.75, 3.05) is 0 Å². The Bertz CT molecular complexity index is 937. The molecule has 26 heavy (non-hydrogen) atoms. The molecule has 1 aromatic heterocycles. The quantitative estimate of drug-likeness (QED) is 0.470. The predicted molar refractivity (Wildman–Crippen MR) is 112 cm³/mol. The summed E-state index contributed by atoms with van der Waals surface area (Å²) < 4.78 is 1.71. The maximum Gasteiger partial charge on any atom is 0.269 e. The third-order valence-corrected chi connectivity index (χ3v) is 5.79. The highest BCUT2D eigenvalue weighted by Crippen LogP contribution is 2.27. The van der Waals surface area contributed by atoms with E-state index in [0.717, 1.165) is 17.0 Å². The van der Waals surface area contributed by atoms with Gasteiger partial charge in [0.05, 0.1) is 10.7 Å². The molecule has 1 heterocycles. The minimum Gasteiger partial charge on any atom is -0.309 e. The van der Waals surface area contributed by atoms with Gasteiger partial charge in [-0.1, -0.05) is 71.2 Å². The summed E-state index contributed by atoms with van der Waals surface area (Å²) in [7, 11) is 0. The van der Waals surface area contributed by atoms with Gasteiger partial charge in [0.2, 0.25) is 0 Å². The maximum absolute atomic E-state index is 12.6. The predicted octanol–water partition coefficient (Wildman–Crippen LogP) is 6.00. The van der Waals surface area contributed by atoms with Crippen molar-refractivity contribution >= 4 is 35.0 Å². The van der Waals surface area contributed by atoms with Crippen LogP contribution in [0.1, 0.15) is 16.8 Å². The van der Waals surface area contributed by atoms with Crippen LogP contribution in [0.15, 0.2) is 70.4 Å². The average Bonchev–Trinajstić information content (AvgIpc) is 2.65. The van der Waals surface area contributed by atoms with E-state index in [1.807, 2.05) is 30.3 Å². The molecule has 0 bridgehead atoms. The van der Waals surface area contributed by atoms with Gasteiger partial charge in [0, 0.05) is 17.2 Å². The van der Waals surface area contributed by atoms with Crippen LogP contribution in [0.5, 0.6) is 0 Å². The van der Waals surface area contributed by atoms with E-state index >= 15 is 0 Å². The summed E-state index contributed by atoms with van der Waals surface area (Å²) in [5, 5.41) is 0.689. The molecule has 3 rings (SSSR count). The molecule has 2 aromatic carbocycles. The van der Waals surface area contributed by atoms with Crippen LogP contribution in [0.2, 0.25) is 10.0 Å². The second kappa shape index (κ2) is 8.81. The Morgan fingerprint density at radius 2 is 1.65 bits per heavy atom. The Kier molecular flexibility index (Phi) is 6.47. The normalized spacial score (nSPS) is 10.9. The number of pyridine rings is 1. The van der Waals surface area contributed by atoms with E-state index in [1.54, 1.807) is 22.4 Å². The number of hydrogen-bond acceptors (Lipinski definition) is 2. The number of nitrogens with zero attached hydrogens (tertiary/aromatic N) is 1. The topological polar surface area (TPSA) is 22.0 Å². The lowest BCUT2D eigenvalue weighted by molar-refractivity contribution is 0.647. The third kappa shape index (κ3) is 4.73. The van der Waals surface area contributed by atoms with Crippen LogP contribution in [-0.2, 0) is 18.7 Å². The fourth-order valence-electron chi connectivity index (χ4n) is 2.68. The second-order valence-electron chi connectivity index (χ2n) is 6.08. The average molecular weight is 404 g/mol. The second-order valence-corrected chi connectivity index (χ2v) is 7.94. The highest BCUT2D eigenvalue weighted by atomic mass is 35.5. The van der Waals surface area contributed by atoms with Gasteiger partial charge in [0.25, 0.3) is 5.56 Å².